The molecule has 5 heteroatoms. The van der Waals surface area contributed by atoms with Crippen molar-refractivity contribution in [2.75, 3.05) is 0 Å². The summed E-state index contributed by atoms with van der Waals surface area (Å²) < 4.78 is 10.9. The quantitative estimate of drug-likeness (QED) is 0.181. The Hall–Kier alpha value is -5.16. The van der Waals surface area contributed by atoms with E-state index in [2.05, 4.69) is 152 Å². The molecular formula is C44H46N4O. The largest absolute Gasteiger partial charge is 0.457 e. The monoisotopic (exact) mass is 646 g/mol. The van der Waals surface area contributed by atoms with E-state index in [9.17, 15) is 0 Å². The van der Waals surface area contributed by atoms with Crippen LogP contribution in [-0.4, -0.2) is 19.3 Å². The Morgan fingerprint density at radius 3 is 2.18 bits per heavy atom. The minimum absolute atomic E-state index is 0.00161. The first-order chi connectivity index (χ1) is 23.3. The summed E-state index contributed by atoms with van der Waals surface area (Å²) in [6, 6.07) is 36.3. The molecule has 3 aromatic heterocycles. The van der Waals surface area contributed by atoms with Gasteiger partial charge in [-0.15, -0.1) is 0 Å². The highest BCUT2D eigenvalue weighted by Crippen LogP contribution is 2.40. The van der Waals surface area contributed by atoms with Gasteiger partial charge in [-0.1, -0.05) is 90.9 Å². The van der Waals surface area contributed by atoms with Crippen LogP contribution in [0.1, 0.15) is 76.9 Å². The molecule has 3 heterocycles. The van der Waals surface area contributed by atoms with Crippen LogP contribution in [-0.2, 0) is 5.41 Å². The van der Waals surface area contributed by atoms with Gasteiger partial charge in [0.05, 0.1) is 22.4 Å². The Bertz CT molecular complexity index is 2310. The van der Waals surface area contributed by atoms with Crippen LogP contribution in [0.25, 0.3) is 44.4 Å². The molecule has 0 saturated heterocycles. The molecule has 0 N–H and O–H groups in total. The highest BCUT2D eigenvalue weighted by Gasteiger charge is 2.24. The summed E-state index contributed by atoms with van der Waals surface area (Å²) in [5, 5.41) is 7.32. The third-order valence-electron chi connectivity index (χ3n) is 10.1. The number of aryl methyl sites for hydroxylation is 1. The van der Waals surface area contributed by atoms with E-state index >= 15 is 0 Å². The Kier molecular flexibility index (Phi) is 7.98. The van der Waals surface area contributed by atoms with E-state index in [0.717, 1.165) is 51.0 Å². The second-order valence-corrected chi connectivity index (χ2v) is 15.5. The van der Waals surface area contributed by atoms with Crippen LogP contribution in [0.15, 0.2) is 109 Å². The molecule has 0 spiro atoms. The maximum atomic E-state index is 6.61. The van der Waals surface area contributed by atoms with Gasteiger partial charge in [0.1, 0.15) is 17.3 Å². The van der Waals surface area contributed by atoms with Gasteiger partial charge in [0.25, 0.3) is 0 Å². The van der Waals surface area contributed by atoms with E-state index in [1.807, 2.05) is 29.1 Å². The molecule has 0 aliphatic carbocycles. The molecule has 0 aliphatic heterocycles. The zero-order valence-electron chi connectivity index (χ0n) is 30.2. The summed E-state index contributed by atoms with van der Waals surface area (Å²) in [7, 11) is 0. The number of aromatic nitrogens is 4. The molecule has 5 nitrogen and oxygen atoms in total. The summed E-state index contributed by atoms with van der Waals surface area (Å²) in [6.45, 7) is 20.2. The molecule has 0 amide bonds. The van der Waals surface area contributed by atoms with E-state index in [-0.39, 0.29) is 10.8 Å². The highest BCUT2D eigenvalue weighted by molar-refractivity contribution is 6.09. The number of pyridine rings is 1. The minimum atomic E-state index is -0.00161. The van der Waals surface area contributed by atoms with Crippen molar-refractivity contribution in [2.45, 2.75) is 73.6 Å². The molecule has 0 aliphatic rings. The normalized spacial score (nSPS) is 12.9. The van der Waals surface area contributed by atoms with Gasteiger partial charge in [-0.05, 0) is 95.8 Å². The smallest absolute Gasteiger partial charge is 0.137 e. The number of benzene rings is 4. The number of rotatable bonds is 6. The molecule has 0 bridgehead atoms. The average Bonchev–Trinajstić information content (AvgIpc) is 3.56. The summed E-state index contributed by atoms with van der Waals surface area (Å²) in [6.07, 6.45) is 1.93. The standard InChI is InChI=1S/C44H46N4O/c1-28(43(4,5)6)32-18-21-39-38(24-32)37-20-19-36(27-40(37)47(39)41-25-33(22-23-45-41)44(7,8)9)49-35-17-13-16-34(26-35)48-30(3)42(29(2)46-48)31-14-11-10-12-15-31/h10-28H,1-9H3. The average molecular weight is 647 g/mol. The van der Waals surface area contributed by atoms with Crippen molar-refractivity contribution in [2.24, 2.45) is 5.41 Å². The first kappa shape index (κ1) is 32.4. The molecule has 0 radical (unpaired) electrons. The number of nitrogens with zero attached hydrogens (tertiary/aromatic N) is 4. The second-order valence-electron chi connectivity index (χ2n) is 15.5. The fourth-order valence-corrected chi connectivity index (χ4v) is 6.84. The maximum Gasteiger partial charge on any atom is 0.137 e. The lowest BCUT2D eigenvalue weighted by molar-refractivity contribution is 0.340. The molecule has 49 heavy (non-hydrogen) atoms. The lowest BCUT2D eigenvalue weighted by atomic mass is 9.77. The Labute approximate surface area is 290 Å². The van der Waals surface area contributed by atoms with E-state index in [1.54, 1.807) is 0 Å². The minimum Gasteiger partial charge on any atom is -0.457 e. The molecule has 248 valence electrons. The first-order valence-corrected chi connectivity index (χ1v) is 17.2. The molecule has 7 aromatic rings. The number of fused-ring (bicyclic) bond motifs is 3. The van der Waals surface area contributed by atoms with Gasteiger partial charge in [0.2, 0.25) is 0 Å². The molecular weight excluding hydrogens is 601 g/mol. The fourth-order valence-electron chi connectivity index (χ4n) is 6.84. The van der Waals surface area contributed by atoms with Crippen molar-refractivity contribution in [3.05, 3.63) is 132 Å². The molecule has 1 unspecified atom stereocenters. The van der Waals surface area contributed by atoms with Gasteiger partial charge in [-0.3, -0.25) is 4.57 Å². The van der Waals surface area contributed by atoms with Gasteiger partial charge < -0.3 is 4.74 Å². The zero-order chi connectivity index (χ0) is 34.7. The van der Waals surface area contributed by atoms with Crippen LogP contribution in [0.4, 0.5) is 0 Å². The maximum absolute atomic E-state index is 6.61. The summed E-state index contributed by atoms with van der Waals surface area (Å²) in [4.78, 5) is 4.90. The third kappa shape index (κ3) is 6.03. The van der Waals surface area contributed by atoms with Gasteiger partial charge in [-0.2, -0.15) is 5.10 Å². The lowest BCUT2D eigenvalue weighted by Gasteiger charge is -2.27. The molecule has 0 fully saturated rings. The van der Waals surface area contributed by atoms with Gasteiger partial charge in [0, 0.05) is 40.4 Å². The lowest BCUT2D eigenvalue weighted by Crippen LogP contribution is -2.15. The molecule has 0 saturated carbocycles. The number of hydrogen-bond acceptors (Lipinski definition) is 3. The van der Waals surface area contributed by atoms with Crippen LogP contribution in [0.2, 0.25) is 0 Å². The number of hydrogen-bond donors (Lipinski definition) is 0. The first-order valence-electron chi connectivity index (χ1n) is 17.2. The van der Waals surface area contributed by atoms with Crippen molar-refractivity contribution >= 4 is 21.8 Å². The fraction of sp³-hybridized carbons (Fsp3) is 0.273. The van der Waals surface area contributed by atoms with Crippen molar-refractivity contribution < 1.29 is 4.74 Å². The van der Waals surface area contributed by atoms with Gasteiger partial charge in [0.15, 0.2) is 0 Å². The van der Waals surface area contributed by atoms with Crippen molar-refractivity contribution in [1.29, 1.82) is 0 Å². The summed E-state index contributed by atoms with van der Waals surface area (Å²) >= 11 is 0. The van der Waals surface area contributed by atoms with Gasteiger partial charge >= 0.3 is 0 Å². The number of ether oxygens (including phenoxy) is 1. The summed E-state index contributed by atoms with van der Waals surface area (Å²) in [5.74, 6) is 2.82. The van der Waals surface area contributed by atoms with Crippen molar-refractivity contribution in [1.82, 2.24) is 19.3 Å². The van der Waals surface area contributed by atoms with E-state index in [0.29, 0.717) is 5.92 Å². The predicted octanol–water partition coefficient (Wildman–Crippen LogP) is 11.9. The van der Waals surface area contributed by atoms with Crippen molar-refractivity contribution in [3.63, 3.8) is 0 Å². The predicted molar refractivity (Wildman–Crippen MR) is 204 cm³/mol. The second kappa shape index (κ2) is 12.1. The van der Waals surface area contributed by atoms with Crippen LogP contribution in [0.5, 0.6) is 11.5 Å². The SMILES string of the molecule is Cc1nn(-c2cccc(Oc3ccc4c5cc(C(C)C(C)(C)C)ccc5n(-c5cc(C(C)(C)C)ccn5)c4c3)c2)c(C)c1-c1ccccc1. The van der Waals surface area contributed by atoms with E-state index in [1.165, 1.54) is 27.5 Å². The van der Waals surface area contributed by atoms with Crippen LogP contribution >= 0.6 is 0 Å². The topological polar surface area (TPSA) is 44.9 Å². The Balaban J connectivity index is 1.33. The Morgan fingerprint density at radius 2 is 1.45 bits per heavy atom. The van der Waals surface area contributed by atoms with Crippen LogP contribution in [0, 0.1) is 19.3 Å². The third-order valence-corrected chi connectivity index (χ3v) is 10.1. The highest BCUT2D eigenvalue weighted by atomic mass is 16.5. The van der Waals surface area contributed by atoms with Crippen LogP contribution < -0.4 is 4.74 Å². The van der Waals surface area contributed by atoms with Gasteiger partial charge in [-0.25, -0.2) is 9.67 Å². The molecule has 7 rings (SSSR count). The molecule has 4 aromatic carbocycles. The van der Waals surface area contributed by atoms with E-state index in [4.69, 9.17) is 14.8 Å². The zero-order valence-corrected chi connectivity index (χ0v) is 30.2. The molecule has 1 atom stereocenters. The Morgan fingerprint density at radius 1 is 0.694 bits per heavy atom. The van der Waals surface area contributed by atoms with Crippen molar-refractivity contribution in [3.8, 4) is 34.1 Å². The van der Waals surface area contributed by atoms with Crippen LogP contribution in [0.3, 0.4) is 0 Å². The van der Waals surface area contributed by atoms with E-state index < -0.39 is 0 Å². The summed E-state index contributed by atoms with van der Waals surface area (Å²) in [5.41, 5.74) is 10.3.